The van der Waals surface area contributed by atoms with Gasteiger partial charge in [0.25, 0.3) is 0 Å². The van der Waals surface area contributed by atoms with Gasteiger partial charge in [0.15, 0.2) is 0 Å². The normalized spacial score (nSPS) is 10.6. The first-order valence-corrected chi connectivity index (χ1v) is 7.44. The van der Waals surface area contributed by atoms with Crippen LogP contribution in [0.25, 0.3) is 0 Å². The van der Waals surface area contributed by atoms with Crippen LogP contribution in [0.3, 0.4) is 0 Å². The number of benzene rings is 1. The van der Waals surface area contributed by atoms with Crippen molar-refractivity contribution in [1.82, 2.24) is 0 Å². The summed E-state index contributed by atoms with van der Waals surface area (Å²) in [5, 5.41) is 9.04. The summed E-state index contributed by atoms with van der Waals surface area (Å²) >= 11 is 7.02. The third-order valence-corrected chi connectivity index (χ3v) is 4.94. The van der Waals surface area contributed by atoms with Crippen LogP contribution in [0.15, 0.2) is 45.1 Å². The molecule has 2 aromatic rings. The predicted molar refractivity (Wildman–Crippen MR) is 73.9 cm³/mol. The molecule has 16 heavy (non-hydrogen) atoms. The van der Waals surface area contributed by atoms with Crippen molar-refractivity contribution in [3.63, 3.8) is 0 Å². The lowest BCUT2D eigenvalue weighted by Crippen LogP contribution is -1.82. The van der Waals surface area contributed by atoms with Gasteiger partial charge in [-0.2, -0.15) is 0 Å². The van der Waals surface area contributed by atoms with E-state index in [9.17, 15) is 0 Å². The van der Waals surface area contributed by atoms with Crippen LogP contribution in [-0.4, -0.2) is 5.11 Å². The van der Waals surface area contributed by atoms with Gasteiger partial charge in [0, 0.05) is 15.5 Å². The molecule has 0 atom stereocenters. The minimum absolute atomic E-state index is 0.110. The number of thiophene rings is 1. The summed E-state index contributed by atoms with van der Waals surface area (Å²) in [6.45, 7) is 0.110. The van der Waals surface area contributed by atoms with Crippen molar-refractivity contribution in [2.45, 2.75) is 17.3 Å². The van der Waals surface area contributed by atoms with Crippen molar-refractivity contribution in [3.8, 4) is 0 Å². The first-order valence-electron chi connectivity index (χ1n) is 4.85. The summed E-state index contributed by atoms with van der Waals surface area (Å²) in [5.74, 6) is 0.977. The zero-order chi connectivity index (χ0) is 11.4. The first kappa shape index (κ1) is 12.2. The van der Waals surface area contributed by atoms with Crippen molar-refractivity contribution >= 4 is 39.0 Å². The third kappa shape index (κ3) is 3.35. The topological polar surface area (TPSA) is 20.2 Å². The van der Waals surface area contributed by atoms with Gasteiger partial charge in [-0.25, -0.2) is 0 Å². The Morgan fingerprint density at radius 3 is 2.81 bits per heavy atom. The van der Waals surface area contributed by atoms with Gasteiger partial charge in [-0.1, -0.05) is 12.1 Å². The van der Waals surface area contributed by atoms with E-state index in [0.29, 0.717) is 0 Å². The van der Waals surface area contributed by atoms with Gasteiger partial charge in [0.2, 0.25) is 0 Å². The fourth-order valence-corrected chi connectivity index (χ4v) is 3.82. The van der Waals surface area contributed by atoms with E-state index in [4.69, 9.17) is 5.11 Å². The Kier molecular flexibility index (Phi) is 4.46. The Morgan fingerprint density at radius 2 is 2.12 bits per heavy atom. The Labute approximate surface area is 112 Å². The molecule has 0 aliphatic rings. The van der Waals surface area contributed by atoms with Crippen molar-refractivity contribution in [1.29, 1.82) is 0 Å². The van der Waals surface area contributed by atoms with Crippen molar-refractivity contribution in [3.05, 3.63) is 50.6 Å². The highest BCUT2D eigenvalue weighted by atomic mass is 79.9. The summed E-state index contributed by atoms with van der Waals surface area (Å²) in [6.07, 6.45) is 0. The van der Waals surface area contributed by atoms with Crippen LogP contribution in [0, 0.1) is 0 Å². The minimum Gasteiger partial charge on any atom is -0.392 e. The molecule has 4 heteroatoms. The van der Waals surface area contributed by atoms with Crippen LogP contribution in [0.4, 0.5) is 0 Å². The maximum absolute atomic E-state index is 9.04. The van der Waals surface area contributed by atoms with Crippen molar-refractivity contribution in [2.24, 2.45) is 0 Å². The van der Waals surface area contributed by atoms with Crippen LogP contribution >= 0.6 is 39.0 Å². The summed E-state index contributed by atoms with van der Waals surface area (Å²) < 4.78 is 1.17. The third-order valence-electron chi connectivity index (χ3n) is 2.09. The average Bonchev–Trinajstić information content (AvgIpc) is 2.73. The molecule has 0 bridgehead atoms. The second kappa shape index (κ2) is 5.87. The van der Waals surface area contributed by atoms with Gasteiger partial charge in [-0.15, -0.1) is 23.1 Å². The standard InChI is InChI=1S/C12H11BrOS2/c13-12-5-4-11(16-12)8-15-10-3-1-2-9(6-10)7-14/h1-6,14H,7-8H2. The summed E-state index contributed by atoms with van der Waals surface area (Å²) in [4.78, 5) is 2.56. The highest BCUT2D eigenvalue weighted by Crippen LogP contribution is 2.29. The molecule has 0 aliphatic carbocycles. The molecule has 1 nitrogen and oxygen atoms in total. The van der Waals surface area contributed by atoms with Gasteiger partial charge in [0.05, 0.1) is 10.4 Å². The second-order valence-corrected chi connectivity index (χ2v) is 6.90. The lowest BCUT2D eigenvalue weighted by molar-refractivity contribution is 0.281. The number of rotatable bonds is 4. The lowest BCUT2D eigenvalue weighted by Gasteiger charge is -2.01. The molecule has 0 aliphatic heterocycles. The SMILES string of the molecule is OCc1cccc(SCc2ccc(Br)s2)c1. The van der Waals surface area contributed by atoms with Crippen LogP contribution in [0.5, 0.6) is 0 Å². The van der Waals surface area contributed by atoms with Gasteiger partial charge < -0.3 is 5.11 Å². The fraction of sp³-hybridized carbons (Fsp3) is 0.167. The largest absolute Gasteiger partial charge is 0.392 e. The van der Waals surface area contributed by atoms with E-state index in [-0.39, 0.29) is 6.61 Å². The zero-order valence-electron chi connectivity index (χ0n) is 8.52. The molecule has 84 valence electrons. The van der Waals surface area contributed by atoms with E-state index in [2.05, 4.69) is 34.1 Å². The minimum atomic E-state index is 0.110. The maximum Gasteiger partial charge on any atom is 0.0701 e. The van der Waals surface area contributed by atoms with E-state index in [0.717, 1.165) is 11.3 Å². The number of hydrogen-bond acceptors (Lipinski definition) is 3. The molecule has 1 N–H and O–H groups in total. The zero-order valence-corrected chi connectivity index (χ0v) is 11.7. The number of thioether (sulfide) groups is 1. The molecule has 0 saturated carbocycles. The molecule has 0 radical (unpaired) electrons. The quantitative estimate of drug-likeness (QED) is 0.849. The maximum atomic E-state index is 9.04. The van der Waals surface area contributed by atoms with Crippen LogP contribution in [-0.2, 0) is 12.4 Å². The van der Waals surface area contributed by atoms with Gasteiger partial charge in [0.1, 0.15) is 0 Å². The summed E-state index contributed by atoms with van der Waals surface area (Å²) in [5.41, 5.74) is 0.970. The van der Waals surface area contributed by atoms with Crippen LogP contribution < -0.4 is 0 Å². The molecule has 0 amide bonds. The van der Waals surface area contributed by atoms with E-state index < -0.39 is 0 Å². The Bertz CT molecular complexity index is 468. The number of aliphatic hydroxyl groups is 1. The molecule has 0 spiro atoms. The smallest absolute Gasteiger partial charge is 0.0701 e. The first-order chi connectivity index (χ1) is 7.78. The van der Waals surface area contributed by atoms with Crippen molar-refractivity contribution < 1.29 is 5.11 Å². The van der Waals surface area contributed by atoms with Crippen molar-refractivity contribution in [2.75, 3.05) is 0 Å². The molecule has 0 fully saturated rings. The second-order valence-electron chi connectivity index (χ2n) is 3.30. The molecule has 2 rings (SSSR count). The van der Waals surface area contributed by atoms with Gasteiger partial charge in [-0.05, 0) is 45.8 Å². The molecule has 1 aromatic carbocycles. The molecular weight excluding hydrogens is 304 g/mol. The number of aliphatic hydroxyl groups excluding tert-OH is 1. The van der Waals surface area contributed by atoms with Crippen LogP contribution in [0.1, 0.15) is 10.4 Å². The van der Waals surface area contributed by atoms with E-state index >= 15 is 0 Å². The number of hydrogen-bond donors (Lipinski definition) is 1. The Balaban J connectivity index is 1.99. The summed E-state index contributed by atoms with van der Waals surface area (Å²) in [7, 11) is 0. The van der Waals surface area contributed by atoms with E-state index in [1.165, 1.54) is 13.6 Å². The Morgan fingerprint density at radius 1 is 1.25 bits per heavy atom. The highest BCUT2D eigenvalue weighted by molar-refractivity contribution is 9.11. The predicted octanol–water partition coefficient (Wildman–Crippen LogP) is 4.30. The van der Waals surface area contributed by atoms with Gasteiger partial charge in [-0.3, -0.25) is 0 Å². The molecule has 0 unspecified atom stereocenters. The fourth-order valence-electron chi connectivity index (χ4n) is 1.32. The molecular formula is C12H11BrOS2. The van der Waals surface area contributed by atoms with E-state index in [1.54, 1.807) is 23.1 Å². The molecule has 1 aromatic heterocycles. The average molecular weight is 315 g/mol. The van der Waals surface area contributed by atoms with Crippen LogP contribution in [0.2, 0.25) is 0 Å². The molecule has 1 heterocycles. The monoisotopic (exact) mass is 314 g/mol. The lowest BCUT2D eigenvalue weighted by atomic mass is 10.2. The Hall–Kier alpha value is -0.290. The highest BCUT2D eigenvalue weighted by Gasteiger charge is 2.00. The summed E-state index contributed by atoms with van der Waals surface area (Å²) in [6, 6.07) is 12.2. The molecule has 0 saturated heterocycles. The van der Waals surface area contributed by atoms with E-state index in [1.807, 2.05) is 18.2 Å². The van der Waals surface area contributed by atoms with Gasteiger partial charge >= 0.3 is 0 Å². The number of halogens is 1.